The van der Waals surface area contributed by atoms with E-state index in [0.29, 0.717) is 18.7 Å². The Hall–Kier alpha value is -1.89. The van der Waals surface area contributed by atoms with E-state index in [2.05, 4.69) is 24.0 Å². The predicted octanol–water partition coefficient (Wildman–Crippen LogP) is 3.15. The fourth-order valence-electron chi connectivity index (χ4n) is 2.58. The molecule has 0 aliphatic heterocycles. The molecule has 24 heavy (non-hydrogen) atoms. The SMILES string of the molecule is COc1ccc(CN(CCCO)Cc2ccc(C)s2)cc1C(=O)O. The van der Waals surface area contributed by atoms with Gasteiger partial charge in [0.1, 0.15) is 11.3 Å². The summed E-state index contributed by atoms with van der Waals surface area (Å²) in [4.78, 5) is 16.1. The van der Waals surface area contributed by atoms with E-state index >= 15 is 0 Å². The van der Waals surface area contributed by atoms with Gasteiger partial charge in [-0.1, -0.05) is 6.07 Å². The van der Waals surface area contributed by atoms with E-state index in [1.54, 1.807) is 23.5 Å². The van der Waals surface area contributed by atoms with Crippen molar-refractivity contribution in [3.05, 3.63) is 51.2 Å². The van der Waals surface area contributed by atoms with Gasteiger partial charge in [0.2, 0.25) is 0 Å². The van der Waals surface area contributed by atoms with Crippen LogP contribution in [0.3, 0.4) is 0 Å². The molecule has 130 valence electrons. The zero-order chi connectivity index (χ0) is 17.5. The van der Waals surface area contributed by atoms with Crippen molar-refractivity contribution in [3.63, 3.8) is 0 Å². The number of carboxylic acids is 1. The Morgan fingerprint density at radius 2 is 2.04 bits per heavy atom. The van der Waals surface area contributed by atoms with Crippen LogP contribution < -0.4 is 4.74 Å². The number of methoxy groups -OCH3 is 1. The topological polar surface area (TPSA) is 70.0 Å². The van der Waals surface area contributed by atoms with E-state index in [1.165, 1.54) is 16.9 Å². The van der Waals surface area contributed by atoms with Crippen molar-refractivity contribution in [1.82, 2.24) is 4.90 Å². The first kappa shape index (κ1) is 18.4. The third-order valence-corrected chi connectivity index (χ3v) is 4.69. The lowest BCUT2D eigenvalue weighted by molar-refractivity contribution is 0.0693. The molecule has 2 rings (SSSR count). The lowest BCUT2D eigenvalue weighted by Crippen LogP contribution is -2.24. The van der Waals surface area contributed by atoms with Crippen LogP contribution in [0.15, 0.2) is 30.3 Å². The van der Waals surface area contributed by atoms with Crippen molar-refractivity contribution < 1.29 is 19.7 Å². The van der Waals surface area contributed by atoms with Crippen LogP contribution in [0.25, 0.3) is 0 Å². The van der Waals surface area contributed by atoms with Crippen LogP contribution in [0.1, 0.15) is 32.1 Å². The minimum atomic E-state index is -0.996. The monoisotopic (exact) mass is 349 g/mol. The Bertz CT molecular complexity index is 683. The summed E-state index contributed by atoms with van der Waals surface area (Å²) in [7, 11) is 1.47. The number of aliphatic hydroxyl groups excluding tert-OH is 1. The summed E-state index contributed by atoms with van der Waals surface area (Å²) < 4.78 is 5.10. The summed E-state index contributed by atoms with van der Waals surface area (Å²) in [6, 6.07) is 9.45. The lowest BCUT2D eigenvalue weighted by atomic mass is 10.1. The smallest absolute Gasteiger partial charge is 0.339 e. The Labute approximate surface area is 146 Å². The average Bonchev–Trinajstić information content (AvgIpc) is 2.97. The number of aliphatic hydroxyl groups is 1. The van der Waals surface area contributed by atoms with E-state index in [0.717, 1.165) is 18.7 Å². The minimum absolute atomic E-state index is 0.142. The fraction of sp³-hybridized carbons (Fsp3) is 0.389. The number of ether oxygens (including phenoxy) is 1. The predicted molar refractivity (Wildman–Crippen MR) is 94.8 cm³/mol. The van der Waals surface area contributed by atoms with Crippen LogP contribution in [-0.4, -0.2) is 41.3 Å². The number of carbonyl (C=O) groups is 1. The van der Waals surface area contributed by atoms with E-state index in [9.17, 15) is 9.90 Å². The van der Waals surface area contributed by atoms with Crippen molar-refractivity contribution in [1.29, 1.82) is 0 Å². The molecule has 0 aliphatic rings. The Balaban J connectivity index is 2.15. The van der Waals surface area contributed by atoms with Gasteiger partial charge in [-0.25, -0.2) is 4.79 Å². The van der Waals surface area contributed by atoms with Crippen molar-refractivity contribution >= 4 is 17.3 Å². The van der Waals surface area contributed by atoms with E-state index in [4.69, 9.17) is 9.84 Å². The molecule has 0 aliphatic carbocycles. The molecule has 0 bridgehead atoms. The quantitative estimate of drug-likeness (QED) is 0.728. The van der Waals surface area contributed by atoms with Crippen LogP contribution in [0.4, 0.5) is 0 Å². The highest BCUT2D eigenvalue weighted by Crippen LogP contribution is 2.22. The number of benzene rings is 1. The second-order valence-electron chi connectivity index (χ2n) is 5.64. The Morgan fingerprint density at radius 3 is 2.62 bits per heavy atom. The second-order valence-corrected chi connectivity index (χ2v) is 7.01. The number of carboxylic acid groups (broad SMARTS) is 1. The van der Waals surface area contributed by atoms with Gasteiger partial charge in [-0.3, -0.25) is 4.90 Å². The molecular formula is C18H23NO4S. The third kappa shape index (κ3) is 5.06. The number of aryl methyl sites for hydroxylation is 1. The summed E-state index contributed by atoms with van der Waals surface area (Å²) in [6.07, 6.45) is 0.687. The highest BCUT2D eigenvalue weighted by molar-refractivity contribution is 7.11. The molecule has 1 aromatic heterocycles. The summed E-state index contributed by atoms with van der Waals surface area (Å²) in [5.74, 6) is -0.633. The van der Waals surface area contributed by atoms with Gasteiger partial charge in [-0.15, -0.1) is 11.3 Å². The number of hydrogen-bond donors (Lipinski definition) is 2. The van der Waals surface area contributed by atoms with E-state index < -0.39 is 5.97 Å². The van der Waals surface area contributed by atoms with Crippen molar-refractivity contribution in [2.24, 2.45) is 0 Å². The molecule has 0 atom stereocenters. The highest BCUT2D eigenvalue weighted by atomic mass is 32.1. The molecule has 0 fully saturated rings. The molecule has 2 N–H and O–H groups in total. The number of rotatable bonds is 9. The molecule has 6 heteroatoms. The molecule has 0 amide bonds. The summed E-state index contributed by atoms with van der Waals surface area (Å²) in [6.45, 7) is 4.38. The van der Waals surface area contributed by atoms with Gasteiger partial charge in [0.25, 0.3) is 0 Å². The lowest BCUT2D eigenvalue weighted by Gasteiger charge is -2.22. The summed E-state index contributed by atoms with van der Waals surface area (Å²) in [5.41, 5.74) is 1.09. The van der Waals surface area contributed by atoms with Gasteiger partial charge < -0.3 is 14.9 Å². The Morgan fingerprint density at radius 1 is 1.25 bits per heavy atom. The molecular weight excluding hydrogens is 326 g/mol. The number of thiophene rings is 1. The molecule has 1 heterocycles. The van der Waals surface area contributed by atoms with Crippen LogP contribution in [0.2, 0.25) is 0 Å². The normalized spacial score (nSPS) is 11.0. The molecule has 1 aromatic carbocycles. The minimum Gasteiger partial charge on any atom is -0.496 e. The van der Waals surface area contributed by atoms with Crippen molar-refractivity contribution in [2.75, 3.05) is 20.3 Å². The first-order valence-electron chi connectivity index (χ1n) is 7.82. The van der Waals surface area contributed by atoms with Gasteiger partial charge >= 0.3 is 5.97 Å². The van der Waals surface area contributed by atoms with E-state index in [1.807, 2.05) is 6.07 Å². The molecule has 0 saturated carbocycles. The molecule has 0 saturated heterocycles. The van der Waals surface area contributed by atoms with Crippen LogP contribution in [0, 0.1) is 6.92 Å². The van der Waals surface area contributed by atoms with Crippen LogP contribution in [-0.2, 0) is 13.1 Å². The average molecular weight is 349 g/mol. The van der Waals surface area contributed by atoms with Crippen molar-refractivity contribution in [2.45, 2.75) is 26.4 Å². The maximum absolute atomic E-state index is 11.4. The zero-order valence-corrected chi connectivity index (χ0v) is 14.8. The second kappa shape index (κ2) is 8.82. The van der Waals surface area contributed by atoms with Gasteiger partial charge in [0.15, 0.2) is 0 Å². The van der Waals surface area contributed by atoms with Gasteiger partial charge in [0.05, 0.1) is 7.11 Å². The maximum atomic E-state index is 11.4. The first-order chi connectivity index (χ1) is 11.5. The maximum Gasteiger partial charge on any atom is 0.339 e. The third-order valence-electron chi connectivity index (χ3n) is 3.71. The van der Waals surface area contributed by atoms with E-state index in [-0.39, 0.29) is 12.2 Å². The van der Waals surface area contributed by atoms with Gasteiger partial charge in [-0.05, 0) is 43.2 Å². The van der Waals surface area contributed by atoms with Crippen LogP contribution in [0.5, 0.6) is 5.75 Å². The summed E-state index contributed by atoms with van der Waals surface area (Å²) in [5, 5.41) is 18.4. The fourth-order valence-corrected chi connectivity index (χ4v) is 3.51. The number of aromatic carboxylic acids is 1. The van der Waals surface area contributed by atoms with Crippen LogP contribution >= 0.6 is 11.3 Å². The first-order valence-corrected chi connectivity index (χ1v) is 8.64. The van der Waals surface area contributed by atoms with Crippen molar-refractivity contribution in [3.8, 4) is 5.75 Å². The molecule has 0 unspecified atom stereocenters. The van der Waals surface area contributed by atoms with Gasteiger partial charge in [-0.2, -0.15) is 0 Å². The number of hydrogen-bond acceptors (Lipinski definition) is 5. The largest absolute Gasteiger partial charge is 0.496 e. The number of nitrogens with zero attached hydrogens (tertiary/aromatic N) is 1. The summed E-state index contributed by atoms with van der Waals surface area (Å²) >= 11 is 1.76. The molecule has 0 spiro atoms. The highest BCUT2D eigenvalue weighted by Gasteiger charge is 2.14. The molecule has 5 nitrogen and oxygen atoms in total. The molecule has 0 radical (unpaired) electrons. The Kier molecular flexibility index (Phi) is 6.78. The standard InChI is InChI=1S/C18H23NO4S/c1-13-4-6-15(24-13)12-19(8-3-9-20)11-14-5-7-17(23-2)16(10-14)18(21)22/h4-7,10,20H,3,8-9,11-12H2,1-2H3,(H,21,22). The van der Waals surface area contributed by atoms with Gasteiger partial charge in [0, 0.05) is 36.0 Å². The molecule has 2 aromatic rings. The zero-order valence-electron chi connectivity index (χ0n) is 14.0.